The van der Waals surface area contributed by atoms with Crippen molar-refractivity contribution in [2.45, 2.75) is 13.1 Å². The molecule has 0 atom stereocenters. The summed E-state index contributed by atoms with van der Waals surface area (Å²) < 4.78 is 3.67. The van der Waals surface area contributed by atoms with Crippen LogP contribution in [-0.2, 0) is 13.1 Å². The maximum absolute atomic E-state index is 4.34. The van der Waals surface area contributed by atoms with E-state index in [0.717, 1.165) is 33.9 Å². The predicted molar refractivity (Wildman–Crippen MR) is 129 cm³/mol. The van der Waals surface area contributed by atoms with Crippen molar-refractivity contribution in [1.82, 2.24) is 40.0 Å². The summed E-state index contributed by atoms with van der Waals surface area (Å²) in [6, 6.07) is 24.5. The lowest BCUT2D eigenvalue weighted by molar-refractivity contribution is 0.649. The number of hydrogen-bond acceptors (Lipinski definition) is 6. The molecule has 0 aliphatic rings. The van der Waals surface area contributed by atoms with Gasteiger partial charge in [0.2, 0.25) is 0 Å². The fourth-order valence-corrected chi connectivity index (χ4v) is 3.93. The highest BCUT2D eigenvalue weighted by Crippen LogP contribution is 2.20. The lowest BCUT2D eigenvalue weighted by Gasteiger charge is -2.06. The maximum Gasteiger partial charge on any atom is 0.131 e. The monoisotopic (exact) mass is 444 g/mol. The summed E-state index contributed by atoms with van der Waals surface area (Å²) in [4.78, 5) is 8.67. The number of rotatable bonds is 6. The smallest absolute Gasteiger partial charge is 0.131 e. The topological polar surface area (TPSA) is 87.2 Å². The van der Waals surface area contributed by atoms with E-state index < -0.39 is 0 Å². The van der Waals surface area contributed by atoms with Gasteiger partial charge in [0.05, 0.1) is 36.9 Å². The van der Waals surface area contributed by atoms with E-state index in [1.165, 1.54) is 10.8 Å². The van der Waals surface area contributed by atoms with Gasteiger partial charge in [-0.15, -0.1) is 10.2 Å². The van der Waals surface area contributed by atoms with Crippen molar-refractivity contribution < 1.29 is 0 Å². The molecule has 0 amide bonds. The van der Waals surface area contributed by atoms with Crippen LogP contribution in [0.4, 0.5) is 0 Å². The molecule has 164 valence electrons. The van der Waals surface area contributed by atoms with Crippen LogP contribution in [0.3, 0.4) is 0 Å². The van der Waals surface area contributed by atoms with E-state index in [9.17, 15) is 0 Å². The van der Waals surface area contributed by atoms with Crippen molar-refractivity contribution >= 4 is 10.8 Å². The highest BCUT2D eigenvalue weighted by atomic mass is 15.4. The summed E-state index contributed by atoms with van der Waals surface area (Å²) in [6.45, 7) is 1.29. The highest BCUT2D eigenvalue weighted by Gasteiger charge is 2.08. The van der Waals surface area contributed by atoms with Crippen molar-refractivity contribution in [3.8, 4) is 22.8 Å². The lowest BCUT2D eigenvalue weighted by atomic mass is 10.0. The van der Waals surface area contributed by atoms with Gasteiger partial charge >= 0.3 is 0 Å². The first-order valence-corrected chi connectivity index (χ1v) is 10.9. The van der Waals surface area contributed by atoms with Crippen LogP contribution in [0.5, 0.6) is 0 Å². The van der Waals surface area contributed by atoms with Crippen LogP contribution < -0.4 is 0 Å². The van der Waals surface area contributed by atoms with E-state index in [-0.39, 0.29) is 0 Å². The zero-order valence-corrected chi connectivity index (χ0v) is 18.2. The molecule has 0 saturated carbocycles. The molecule has 4 heterocycles. The van der Waals surface area contributed by atoms with Crippen LogP contribution in [-0.4, -0.2) is 40.0 Å². The second-order valence-corrected chi connectivity index (χ2v) is 8.05. The van der Waals surface area contributed by atoms with Crippen LogP contribution in [0.2, 0.25) is 0 Å². The molecule has 0 radical (unpaired) electrons. The molecule has 4 aromatic heterocycles. The van der Waals surface area contributed by atoms with E-state index in [1.807, 2.05) is 58.2 Å². The summed E-state index contributed by atoms with van der Waals surface area (Å²) in [5, 5.41) is 19.4. The molecule has 0 unspecified atom stereocenters. The Morgan fingerprint density at radius 2 is 1.03 bits per heavy atom. The number of benzene rings is 2. The minimum absolute atomic E-state index is 0.646. The molecule has 0 saturated heterocycles. The number of fused-ring (bicyclic) bond motifs is 1. The summed E-state index contributed by atoms with van der Waals surface area (Å²) in [7, 11) is 0. The molecule has 0 fully saturated rings. The third kappa shape index (κ3) is 4.16. The minimum Gasteiger partial charge on any atom is -0.254 e. The minimum atomic E-state index is 0.646. The molecule has 8 nitrogen and oxygen atoms in total. The summed E-state index contributed by atoms with van der Waals surface area (Å²) in [5.41, 5.74) is 5.50. The second kappa shape index (κ2) is 8.67. The van der Waals surface area contributed by atoms with Crippen LogP contribution in [0, 0.1) is 0 Å². The zero-order valence-electron chi connectivity index (χ0n) is 18.2. The predicted octanol–water partition coefficient (Wildman–Crippen LogP) is 4.24. The molecule has 8 heteroatoms. The van der Waals surface area contributed by atoms with Crippen LogP contribution in [0.1, 0.15) is 11.1 Å². The first-order valence-electron chi connectivity index (χ1n) is 10.9. The standard InChI is InChI=1S/C26H20N8/c1-3-11-27-23(5-1)25-17-33(31-29-25)15-19-7-9-22-14-20(8-10-21(22)13-19)16-34-18-26(30-32-34)24-6-2-4-12-28-24/h1-14,17-18H,15-16H2. The van der Waals surface area contributed by atoms with Gasteiger partial charge in [-0.05, 0) is 58.3 Å². The van der Waals surface area contributed by atoms with Gasteiger partial charge in [0.15, 0.2) is 0 Å². The van der Waals surface area contributed by atoms with Gasteiger partial charge in [-0.2, -0.15) is 0 Å². The Hall–Kier alpha value is -4.72. The number of pyridine rings is 2. The second-order valence-electron chi connectivity index (χ2n) is 8.05. The van der Waals surface area contributed by atoms with Crippen molar-refractivity contribution in [3.05, 3.63) is 109 Å². The molecule has 6 rings (SSSR count). The average molecular weight is 445 g/mol. The molecule has 0 bridgehead atoms. The van der Waals surface area contributed by atoms with Crippen molar-refractivity contribution in [2.75, 3.05) is 0 Å². The third-order valence-electron chi connectivity index (χ3n) is 5.59. The first kappa shape index (κ1) is 19.9. The Kier molecular flexibility index (Phi) is 5.08. The van der Waals surface area contributed by atoms with Gasteiger partial charge in [0.1, 0.15) is 11.4 Å². The quantitative estimate of drug-likeness (QED) is 0.382. The Morgan fingerprint density at radius 1 is 0.529 bits per heavy atom. The van der Waals surface area contributed by atoms with Gasteiger partial charge in [-0.1, -0.05) is 46.8 Å². The maximum atomic E-state index is 4.34. The Morgan fingerprint density at radius 3 is 1.47 bits per heavy atom. The molecular weight excluding hydrogens is 424 g/mol. The molecular formula is C26H20N8. The zero-order chi connectivity index (χ0) is 22.7. The van der Waals surface area contributed by atoms with Gasteiger partial charge in [0.25, 0.3) is 0 Å². The number of nitrogens with zero attached hydrogens (tertiary/aromatic N) is 8. The summed E-state index contributed by atoms with van der Waals surface area (Å²) in [5.74, 6) is 0. The van der Waals surface area contributed by atoms with Gasteiger partial charge in [-0.3, -0.25) is 9.97 Å². The molecule has 0 spiro atoms. The summed E-state index contributed by atoms with van der Waals surface area (Å²) in [6.07, 6.45) is 7.36. The number of aromatic nitrogens is 8. The first-order chi connectivity index (χ1) is 16.8. The van der Waals surface area contributed by atoms with Gasteiger partial charge < -0.3 is 0 Å². The van der Waals surface area contributed by atoms with Crippen LogP contribution in [0.15, 0.2) is 97.6 Å². The Bertz CT molecular complexity index is 1440. The van der Waals surface area contributed by atoms with E-state index in [4.69, 9.17) is 0 Å². The van der Waals surface area contributed by atoms with E-state index in [0.29, 0.717) is 13.1 Å². The van der Waals surface area contributed by atoms with Crippen LogP contribution >= 0.6 is 0 Å². The Balaban J connectivity index is 1.18. The molecule has 0 aliphatic carbocycles. The molecule has 2 aromatic carbocycles. The summed E-state index contributed by atoms with van der Waals surface area (Å²) >= 11 is 0. The van der Waals surface area contributed by atoms with Crippen molar-refractivity contribution in [3.63, 3.8) is 0 Å². The van der Waals surface area contributed by atoms with Crippen LogP contribution in [0.25, 0.3) is 33.5 Å². The fourth-order valence-electron chi connectivity index (χ4n) is 3.93. The lowest BCUT2D eigenvalue weighted by Crippen LogP contribution is -2.01. The average Bonchev–Trinajstić information content (AvgIpc) is 3.55. The molecule has 6 aromatic rings. The molecule has 0 aliphatic heterocycles. The molecule has 34 heavy (non-hydrogen) atoms. The van der Waals surface area contributed by atoms with Crippen molar-refractivity contribution in [1.29, 1.82) is 0 Å². The van der Waals surface area contributed by atoms with Gasteiger partial charge in [0, 0.05) is 12.4 Å². The largest absolute Gasteiger partial charge is 0.254 e. The SMILES string of the molecule is c1ccc(-c2cn(Cc3ccc4cc(Cn5cc(-c6ccccn6)nn5)ccc4c3)nn2)nc1. The van der Waals surface area contributed by atoms with Crippen molar-refractivity contribution in [2.24, 2.45) is 0 Å². The number of hydrogen-bond donors (Lipinski definition) is 0. The van der Waals surface area contributed by atoms with E-state index >= 15 is 0 Å². The fraction of sp³-hybridized carbons (Fsp3) is 0.0769. The highest BCUT2D eigenvalue weighted by molar-refractivity contribution is 5.83. The molecule has 0 N–H and O–H groups in total. The van der Waals surface area contributed by atoms with E-state index in [2.05, 4.69) is 67.0 Å². The third-order valence-corrected chi connectivity index (χ3v) is 5.59. The van der Waals surface area contributed by atoms with Gasteiger partial charge in [-0.25, -0.2) is 9.36 Å². The Labute approximate surface area is 195 Å². The normalized spacial score (nSPS) is 11.2. The van der Waals surface area contributed by atoms with E-state index in [1.54, 1.807) is 12.4 Å².